The van der Waals surface area contributed by atoms with E-state index in [1.165, 1.54) is 19.4 Å². The van der Waals surface area contributed by atoms with Crippen molar-refractivity contribution in [3.63, 3.8) is 0 Å². The van der Waals surface area contributed by atoms with Crippen molar-refractivity contribution in [1.82, 2.24) is 15.2 Å². The summed E-state index contributed by atoms with van der Waals surface area (Å²) in [5.74, 6) is 0.908. The molecule has 2 aliphatic rings. The van der Waals surface area contributed by atoms with Gasteiger partial charge in [-0.3, -0.25) is 4.98 Å². The highest BCUT2D eigenvalue weighted by Crippen LogP contribution is 2.29. The van der Waals surface area contributed by atoms with Crippen LogP contribution in [0.2, 0.25) is 0 Å². The van der Waals surface area contributed by atoms with E-state index in [0.29, 0.717) is 17.8 Å². The standard InChI is InChI=1S/C22H35N7/c1-15(2)16(12-23)10-21(24)27-22-8-7-19-20(29(22)4)11-18(13-25-19)26-17-6-5-9-28(3)14-17/h7-8,10-13,15,17,22,26-27H,5-6,9,14,23-24H2,1-4H3/b16-12+,21-10+. The summed E-state index contributed by atoms with van der Waals surface area (Å²) in [6.07, 6.45) is 11.9. The van der Waals surface area contributed by atoms with Crippen LogP contribution in [-0.2, 0) is 0 Å². The van der Waals surface area contributed by atoms with Crippen molar-refractivity contribution in [3.05, 3.63) is 47.7 Å². The molecule has 2 aliphatic heterocycles. The molecule has 158 valence electrons. The Morgan fingerprint density at radius 2 is 2.14 bits per heavy atom. The minimum atomic E-state index is -0.0530. The van der Waals surface area contributed by atoms with Gasteiger partial charge in [0.2, 0.25) is 0 Å². The fraction of sp³-hybridized carbons (Fsp3) is 0.500. The molecule has 0 saturated carbocycles. The number of hydrogen-bond donors (Lipinski definition) is 4. The van der Waals surface area contributed by atoms with Crippen molar-refractivity contribution in [3.8, 4) is 0 Å². The summed E-state index contributed by atoms with van der Waals surface area (Å²) in [5, 5.41) is 7.01. The maximum absolute atomic E-state index is 6.23. The molecule has 29 heavy (non-hydrogen) atoms. The zero-order valence-corrected chi connectivity index (χ0v) is 18.0. The van der Waals surface area contributed by atoms with Crippen LogP contribution in [0, 0.1) is 5.92 Å². The van der Waals surface area contributed by atoms with E-state index >= 15 is 0 Å². The van der Waals surface area contributed by atoms with Crippen molar-refractivity contribution in [2.75, 3.05) is 37.4 Å². The molecular weight excluding hydrogens is 362 g/mol. The maximum Gasteiger partial charge on any atom is 0.120 e. The van der Waals surface area contributed by atoms with E-state index in [-0.39, 0.29) is 6.17 Å². The number of nitrogens with two attached hydrogens (primary N) is 2. The number of nitrogens with one attached hydrogen (secondary N) is 2. The molecule has 7 nitrogen and oxygen atoms in total. The normalized spacial score (nSPS) is 23.3. The van der Waals surface area contributed by atoms with E-state index in [1.807, 2.05) is 18.3 Å². The van der Waals surface area contributed by atoms with Crippen molar-refractivity contribution < 1.29 is 0 Å². The molecule has 0 bridgehead atoms. The predicted octanol–water partition coefficient (Wildman–Crippen LogP) is 2.27. The Morgan fingerprint density at radius 1 is 1.34 bits per heavy atom. The van der Waals surface area contributed by atoms with E-state index in [0.717, 1.165) is 29.2 Å². The lowest BCUT2D eigenvalue weighted by molar-refractivity contribution is 0.261. The molecule has 3 rings (SSSR count). The van der Waals surface area contributed by atoms with E-state index in [1.54, 1.807) is 6.20 Å². The molecule has 1 fully saturated rings. The van der Waals surface area contributed by atoms with Crippen LogP contribution in [0.1, 0.15) is 32.4 Å². The largest absolute Gasteiger partial charge is 0.404 e. The average Bonchev–Trinajstić information content (AvgIpc) is 2.68. The first-order valence-electron chi connectivity index (χ1n) is 10.4. The Labute approximate surface area is 174 Å². The number of allylic oxidation sites excluding steroid dienone is 2. The second kappa shape index (κ2) is 9.22. The smallest absolute Gasteiger partial charge is 0.120 e. The average molecular weight is 398 g/mol. The quantitative estimate of drug-likeness (QED) is 0.547. The number of likely N-dealkylation sites (N-methyl/N-ethyl adjacent to an activating group) is 2. The van der Waals surface area contributed by atoms with Gasteiger partial charge in [0.1, 0.15) is 6.17 Å². The van der Waals surface area contributed by atoms with Crippen LogP contribution in [0.3, 0.4) is 0 Å². The zero-order chi connectivity index (χ0) is 21.0. The molecule has 1 aromatic heterocycles. The van der Waals surface area contributed by atoms with Gasteiger partial charge in [-0.2, -0.15) is 0 Å². The van der Waals surface area contributed by atoms with Gasteiger partial charge in [-0.1, -0.05) is 13.8 Å². The van der Waals surface area contributed by atoms with E-state index < -0.39 is 0 Å². The Bertz CT molecular complexity index is 796. The minimum Gasteiger partial charge on any atom is -0.404 e. The van der Waals surface area contributed by atoms with Gasteiger partial charge in [0, 0.05) is 19.6 Å². The fourth-order valence-corrected chi connectivity index (χ4v) is 3.88. The summed E-state index contributed by atoms with van der Waals surface area (Å²) in [4.78, 5) is 9.18. The summed E-state index contributed by atoms with van der Waals surface area (Å²) in [6, 6.07) is 2.64. The van der Waals surface area contributed by atoms with Crippen molar-refractivity contribution in [2.45, 2.75) is 38.9 Å². The van der Waals surface area contributed by atoms with Crippen LogP contribution in [-0.4, -0.2) is 49.3 Å². The first-order chi connectivity index (χ1) is 13.9. The first kappa shape index (κ1) is 21.0. The lowest BCUT2D eigenvalue weighted by atomic mass is 10.0. The number of pyridine rings is 1. The summed E-state index contributed by atoms with van der Waals surface area (Å²) in [6.45, 7) is 6.42. The van der Waals surface area contributed by atoms with Gasteiger partial charge in [0.25, 0.3) is 0 Å². The van der Waals surface area contributed by atoms with Gasteiger partial charge in [-0.15, -0.1) is 0 Å². The van der Waals surface area contributed by atoms with Crippen LogP contribution in [0.4, 0.5) is 11.4 Å². The predicted molar refractivity (Wildman–Crippen MR) is 122 cm³/mol. The van der Waals surface area contributed by atoms with Crippen molar-refractivity contribution >= 4 is 17.5 Å². The molecule has 0 amide bonds. The summed E-state index contributed by atoms with van der Waals surface area (Å²) in [7, 11) is 4.23. The Hall–Kier alpha value is -2.67. The number of hydrogen-bond acceptors (Lipinski definition) is 7. The Morgan fingerprint density at radius 3 is 2.83 bits per heavy atom. The maximum atomic E-state index is 6.23. The fourth-order valence-electron chi connectivity index (χ4n) is 3.88. The van der Waals surface area contributed by atoms with E-state index in [9.17, 15) is 0 Å². The molecule has 3 heterocycles. The summed E-state index contributed by atoms with van der Waals surface area (Å²) < 4.78 is 0. The van der Waals surface area contributed by atoms with Crippen molar-refractivity contribution in [2.24, 2.45) is 17.4 Å². The van der Waals surface area contributed by atoms with Gasteiger partial charge < -0.3 is 31.9 Å². The van der Waals surface area contributed by atoms with Gasteiger partial charge >= 0.3 is 0 Å². The van der Waals surface area contributed by atoms with E-state index in [4.69, 9.17) is 11.5 Å². The Balaban J connectivity index is 1.71. The molecule has 1 saturated heterocycles. The number of anilines is 2. The third kappa shape index (κ3) is 5.23. The SMILES string of the molecule is CC(C)C(=C/N)/C=C(\N)NC1C=Cc2ncc(NC3CCCN(C)C3)cc2N1C. The molecule has 2 unspecified atom stereocenters. The summed E-state index contributed by atoms with van der Waals surface area (Å²) in [5.41, 5.74) is 16.0. The second-order valence-corrected chi connectivity index (χ2v) is 8.35. The number of aromatic nitrogens is 1. The van der Waals surface area contributed by atoms with Gasteiger partial charge in [0.05, 0.1) is 29.1 Å². The molecule has 2 atom stereocenters. The topological polar surface area (TPSA) is 95.5 Å². The summed E-state index contributed by atoms with van der Waals surface area (Å²) >= 11 is 0. The molecule has 1 aromatic rings. The van der Waals surface area contributed by atoms with Crippen LogP contribution < -0.4 is 27.0 Å². The van der Waals surface area contributed by atoms with Gasteiger partial charge in [-0.25, -0.2) is 0 Å². The van der Waals surface area contributed by atoms with Crippen LogP contribution in [0.15, 0.2) is 42.0 Å². The zero-order valence-electron chi connectivity index (χ0n) is 18.0. The Kier molecular flexibility index (Phi) is 6.69. The first-order valence-corrected chi connectivity index (χ1v) is 10.4. The second-order valence-electron chi connectivity index (χ2n) is 8.35. The lowest BCUT2D eigenvalue weighted by Crippen LogP contribution is -2.45. The molecular formula is C22H35N7. The lowest BCUT2D eigenvalue weighted by Gasteiger charge is -2.34. The number of piperidine rings is 1. The molecule has 0 radical (unpaired) electrons. The molecule has 0 aromatic carbocycles. The van der Waals surface area contributed by atoms with Crippen LogP contribution in [0.25, 0.3) is 6.08 Å². The molecule has 7 heteroatoms. The minimum absolute atomic E-state index is 0.0530. The number of likely N-dealkylation sites (tertiary alicyclic amines) is 1. The van der Waals surface area contributed by atoms with Crippen LogP contribution in [0.5, 0.6) is 0 Å². The van der Waals surface area contributed by atoms with E-state index in [2.05, 4.69) is 65.5 Å². The highest BCUT2D eigenvalue weighted by atomic mass is 15.3. The highest BCUT2D eigenvalue weighted by molar-refractivity contribution is 5.72. The molecule has 0 aliphatic carbocycles. The third-order valence-electron chi connectivity index (χ3n) is 5.62. The highest BCUT2D eigenvalue weighted by Gasteiger charge is 2.22. The molecule has 6 N–H and O–H groups in total. The third-order valence-corrected chi connectivity index (χ3v) is 5.62. The number of rotatable bonds is 6. The monoisotopic (exact) mass is 397 g/mol. The van der Waals surface area contributed by atoms with Crippen LogP contribution >= 0.6 is 0 Å². The van der Waals surface area contributed by atoms with Crippen molar-refractivity contribution in [1.29, 1.82) is 0 Å². The van der Waals surface area contributed by atoms with Gasteiger partial charge in [-0.05, 0) is 68.4 Å². The number of nitrogens with zero attached hydrogens (tertiary/aromatic N) is 3. The molecule has 0 spiro atoms. The number of fused-ring (bicyclic) bond motifs is 1. The van der Waals surface area contributed by atoms with Gasteiger partial charge in [0.15, 0.2) is 0 Å².